The molecule has 0 aliphatic rings. The Balaban J connectivity index is 1.37. The van der Waals surface area contributed by atoms with Crippen LogP contribution in [0.1, 0.15) is 13.8 Å². The van der Waals surface area contributed by atoms with Crippen molar-refractivity contribution in [3.05, 3.63) is 65.7 Å². The number of pyridine rings is 1. The number of H-pyrrole nitrogens is 1. The summed E-state index contributed by atoms with van der Waals surface area (Å²) < 4.78 is 7.59. The molecule has 11 heteroatoms. The third-order valence-electron chi connectivity index (χ3n) is 5.48. The number of aryl methyl sites for hydroxylation is 1. The normalized spacial score (nSPS) is 11.7. The highest BCUT2D eigenvalue weighted by Crippen LogP contribution is 2.33. The molecule has 10 nitrogen and oxygen atoms in total. The Bertz CT molecular complexity index is 1580. The molecule has 176 valence electrons. The predicted molar refractivity (Wildman–Crippen MR) is 134 cm³/mol. The third kappa shape index (κ3) is 4.51. The lowest BCUT2D eigenvalue weighted by atomic mass is 10.1. The molecule has 3 N–H and O–H groups in total. The van der Waals surface area contributed by atoms with Crippen molar-refractivity contribution in [1.29, 1.82) is 0 Å². The first kappa shape index (κ1) is 22.4. The van der Waals surface area contributed by atoms with Crippen LogP contribution in [0.25, 0.3) is 33.6 Å². The van der Waals surface area contributed by atoms with Crippen LogP contribution in [0.2, 0.25) is 5.02 Å². The molecule has 0 saturated heterocycles. The van der Waals surface area contributed by atoms with E-state index in [0.29, 0.717) is 33.5 Å². The summed E-state index contributed by atoms with van der Waals surface area (Å²) in [5.41, 5.74) is 5.05. The molecule has 1 amide bonds. The van der Waals surface area contributed by atoms with Crippen molar-refractivity contribution in [2.45, 2.75) is 13.8 Å². The summed E-state index contributed by atoms with van der Waals surface area (Å²) in [7, 11) is 1.87. The van der Waals surface area contributed by atoms with Gasteiger partial charge < -0.3 is 20.0 Å². The number of halogens is 1. The molecule has 5 aromatic rings. The largest absolute Gasteiger partial charge is 0.403 e. The lowest BCUT2D eigenvalue weighted by Crippen LogP contribution is -2.12. The highest BCUT2D eigenvalue weighted by Gasteiger charge is 2.16. The topological polar surface area (TPSA) is 127 Å². The highest BCUT2D eigenvalue weighted by molar-refractivity contribution is 6.33. The van der Waals surface area contributed by atoms with Gasteiger partial charge in [0.25, 0.3) is 11.8 Å². The first-order valence-electron chi connectivity index (χ1n) is 10.7. The molecule has 4 aromatic heterocycles. The van der Waals surface area contributed by atoms with Crippen LogP contribution in [-0.2, 0) is 11.8 Å². The van der Waals surface area contributed by atoms with Gasteiger partial charge in [0.15, 0.2) is 0 Å². The van der Waals surface area contributed by atoms with Gasteiger partial charge in [0.05, 0.1) is 22.5 Å². The second-order valence-corrected chi connectivity index (χ2v) is 8.29. The van der Waals surface area contributed by atoms with E-state index in [1.54, 1.807) is 61.4 Å². The average molecular weight is 489 g/mol. The summed E-state index contributed by atoms with van der Waals surface area (Å²) in [5, 5.41) is 19.5. The third-order valence-corrected chi connectivity index (χ3v) is 5.80. The summed E-state index contributed by atoms with van der Waals surface area (Å²) in [6, 6.07) is 7.28. The Labute approximate surface area is 205 Å². The molecule has 35 heavy (non-hydrogen) atoms. The second kappa shape index (κ2) is 9.07. The van der Waals surface area contributed by atoms with E-state index in [2.05, 4.69) is 35.9 Å². The minimum absolute atomic E-state index is 0.175. The molecule has 0 aliphatic heterocycles. The van der Waals surface area contributed by atoms with Crippen molar-refractivity contribution in [3.63, 3.8) is 0 Å². The maximum absolute atomic E-state index is 12.1. The summed E-state index contributed by atoms with van der Waals surface area (Å²) in [6.07, 6.45) is 9.01. The molecule has 0 fully saturated rings. The minimum atomic E-state index is -0.189. The number of carbonyl (C=O) groups excluding carboxylic acids is 1. The second-order valence-electron chi connectivity index (χ2n) is 7.88. The van der Waals surface area contributed by atoms with E-state index in [1.807, 2.05) is 19.3 Å². The number of nitrogens with zero attached hydrogens (tertiary/aromatic N) is 5. The van der Waals surface area contributed by atoms with Crippen LogP contribution in [0.4, 0.5) is 17.4 Å². The lowest BCUT2D eigenvalue weighted by Gasteiger charge is -2.09. The molecular formula is C24H21ClN8O2. The molecular weight excluding hydrogens is 468 g/mol. The van der Waals surface area contributed by atoms with Crippen LogP contribution in [-0.4, -0.2) is 35.9 Å². The van der Waals surface area contributed by atoms with E-state index in [4.69, 9.17) is 16.0 Å². The SMILES string of the molecule is C/C=C(\C)C(=O)Nc1ccc(Nc2nnc(-c3c[nH]c4ncc(-c5cnn(C)c5)cc34)o2)c(Cl)c1. The Morgan fingerprint density at radius 3 is 2.80 bits per heavy atom. The van der Waals surface area contributed by atoms with E-state index in [9.17, 15) is 4.79 Å². The van der Waals surface area contributed by atoms with E-state index in [1.165, 1.54) is 0 Å². The minimum Gasteiger partial charge on any atom is -0.403 e. The van der Waals surface area contributed by atoms with Gasteiger partial charge >= 0.3 is 6.01 Å². The number of rotatable bonds is 6. The van der Waals surface area contributed by atoms with Crippen LogP contribution < -0.4 is 10.6 Å². The van der Waals surface area contributed by atoms with E-state index in [0.717, 1.165) is 22.1 Å². The molecule has 0 aliphatic carbocycles. The van der Waals surface area contributed by atoms with Crippen molar-refractivity contribution in [2.75, 3.05) is 10.6 Å². The van der Waals surface area contributed by atoms with E-state index >= 15 is 0 Å². The maximum Gasteiger partial charge on any atom is 0.320 e. The van der Waals surface area contributed by atoms with E-state index in [-0.39, 0.29) is 11.9 Å². The number of amides is 1. The zero-order valence-electron chi connectivity index (χ0n) is 19.1. The molecule has 5 rings (SSSR count). The Morgan fingerprint density at radius 2 is 2.06 bits per heavy atom. The molecule has 0 spiro atoms. The van der Waals surface area contributed by atoms with Gasteiger partial charge in [-0.1, -0.05) is 22.8 Å². The molecule has 0 unspecified atom stereocenters. The van der Waals surface area contributed by atoms with Gasteiger partial charge in [-0.2, -0.15) is 5.10 Å². The maximum atomic E-state index is 12.1. The number of benzene rings is 1. The molecule has 0 radical (unpaired) electrons. The quantitative estimate of drug-likeness (QED) is 0.276. The summed E-state index contributed by atoms with van der Waals surface area (Å²) in [4.78, 5) is 19.7. The first-order valence-corrected chi connectivity index (χ1v) is 11.1. The van der Waals surface area contributed by atoms with Gasteiger partial charge in [-0.25, -0.2) is 4.98 Å². The zero-order chi connectivity index (χ0) is 24.5. The van der Waals surface area contributed by atoms with Gasteiger partial charge in [0, 0.05) is 53.4 Å². The Morgan fingerprint density at radius 1 is 1.20 bits per heavy atom. The summed E-state index contributed by atoms with van der Waals surface area (Å²) in [6.45, 7) is 3.55. The number of aromatic nitrogens is 6. The van der Waals surface area contributed by atoms with Crippen molar-refractivity contribution in [1.82, 2.24) is 29.9 Å². The van der Waals surface area contributed by atoms with Crippen LogP contribution in [0.5, 0.6) is 0 Å². The monoisotopic (exact) mass is 488 g/mol. The summed E-state index contributed by atoms with van der Waals surface area (Å²) in [5.74, 6) is 0.136. The van der Waals surface area contributed by atoms with Crippen LogP contribution in [0.3, 0.4) is 0 Å². The van der Waals surface area contributed by atoms with Crippen molar-refractivity contribution in [2.24, 2.45) is 7.05 Å². The highest BCUT2D eigenvalue weighted by atomic mass is 35.5. The fourth-order valence-corrected chi connectivity index (χ4v) is 3.69. The van der Waals surface area contributed by atoms with Gasteiger partial charge in [-0.15, -0.1) is 5.10 Å². The first-order chi connectivity index (χ1) is 16.9. The summed E-state index contributed by atoms with van der Waals surface area (Å²) >= 11 is 6.40. The zero-order valence-corrected chi connectivity index (χ0v) is 19.9. The molecule has 0 saturated carbocycles. The van der Waals surface area contributed by atoms with Gasteiger partial charge in [0.2, 0.25) is 0 Å². The van der Waals surface area contributed by atoms with Gasteiger partial charge in [-0.3, -0.25) is 9.48 Å². The number of hydrogen-bond donors (Lipinski definition) is 3. The lowest BCUT2D eigenvalue weighted by molar-refractivity contribution is -0.112. The molecule has 0 atom stereocenters. The number of hydrogen-bond acceptors (Lipinski definition) is 7. The number of carbonyl (C=O) groups is 1. The molecule has 0 bridgehead atoms. The molecule has 4 heterocycles. The fraction of sp³-hybridized carbons (Fsp3) is 0.125. The fourth-order valence-electron chi connectivity index (χ4n) is 3.46. The average Bonchev–Trinajstić information content (AvgIpc) is 3.59. The number of nitrogens with one attached hydrogen (secondary N) is 3. The van der Waals surface area contributed by atoms with Crippen molar-refractivity contribution >= 4 is 45.9 Å². The van der Waals surface area contributed by atoms with Crippen LogP contribution >= 0.6 is 11.6 Å². The van der Waals surface area contributed by atoms with Crippen molar-refractivity contribution < 1.29 is 9.21 Å². The standard InChI is InChI=1S/C24H21ClN8O2/c1-4-13(2)22(34)29-16-5-6-20(19(25)8-16)30-24-32-31-23(35-24)18-11-27-21-17(18)7-14(9-26-21)15-10-28-33(3)12-15/h4-12H,1-3H3,(H,26,27)(H,29,34)(H,30,32)/b13-4+. The predicted octanol–water partition coefficient (Wildman–Crippen LogP) is 5.32. The van der Waals surface area contributed by atoms with Crippen LogP contribution in [0, 0.1) is 0 Å². The van der Waals surface area contributed by atoms with Crippen molar-refractivity contribution in [3.8, 4) is 22.6 Å². The number of aromatic amines is 1. The number of fused-ring (bicyclic) bond motifs is 1. The Kier molecular flexibility index (Phi) is 5.79. The number of allylic oxidation sites excluding steroid dienone is 1. The Hall–Kier alpha value is -4.44. The van der Waals surface area contributed by atoms with Crippen LogP contribution in [0.15, 0.2) is 65.1 Å². The smallest absolute Gasteiger partial charge is 0.320 e. The van der Waals surface area contributed by atoms with E-state index < -0.39 is 0 Å². The van der Waals surface area contributed by atoms with Gasteiger partial charge in [0.1, 0.15) is 5.65 Å². The molecule has 1 aromatic carbocycles. The van der Waals surface area contributed by atoms with Gasteiger partial charge in [-0.05, 0) is 38.1 Å². The number of anilines is 3.